The molecule has 0 saturated carbocycles. The summed E-state index contributed by atoms with van der Waals surface area (Å²) in [6.45, 7) is 5.53. The number of rotatable bonds is 4. The van der Waals surface area contributed by atoms with Gasteiger partial charge in [0.05, 0.1) is 6.54 Å². The fraction of sp³-hybridized carbons (Fsp3) is 0.933. The first kappa shape index (κ1) is 14.8. The second kappa shape index (κ2) is 7.85. The molecule has 0 spiro atoms. The largest absolute Gasteiger partial charge is 0.342 e. The maximum absolute atomic E-state index is 12.3. The minimum absolute atomic E-state index is 0.346. The Kier molecular flexibility index (Phi) is 6.11. The molecule has 0 bridgehead atoms. The van der Waals surface area contributed by atoms with Crippen LogP contribution >= 0.6 is 0 Å². The summed E-state index contributed by atoms with van der Waals surface area (Å²) in [6.07, 6.45) is 8.51. The van der Waals surface area contributed by atoms with Gasteiger partial charge in [0.25, 0.3) is 0 Å². The first-order valence-electron chi connectivity index (χ1n) is 8.00. The van der Waals surface area contributed by atoms with Gasteiger partial charge >= 0.3 is 0 Å². The van der Waals surface area contributed by atoms with Gasteiger partial charge in [-0.05, 0) is 57.7 Å². The van der Waals surface area contributed by atoms with Crippen molar-refractivity contribution in [2.75, 3.05) is 39.3 Å². The number of hydrogen-bond acceptors (Lipinski definition) is 3. The van der Waals surface area contributed by atoms with E-state index in [0.717, 1.165) is 45.1 Å². The van der Waals surface area contributed by atoms with Gasteiger partial charge in [0, 0.05) is 13.1 Å². The van der Waals surface area contributed by atoms with Crippen molar-refractivity contribution in [2.45, 2.75) is 44.9 Å². The molecule has 4 heteroatoms. The van der Waals surface area contributed by atoms with Crippen LogP contribution < -0.4 is 5.73 Å². The van der Waals surface area contributed by atoms with Gasteiger partial charge < -0.3 is 10.6 Å². The van der Waals surface area contributed by atoms with Crippen molar-refractivity contribution in [3.05, 3.63) is 0 Å². The van der Waals surface area contributed by atoms with E-state index in [1.165, 1.54) is 38.5 Å². The van der Waals surface area contributed by atoms with E-state index in [2.05, 4.69) is 9.80 Å². The summed E-state index contributed by atoms with van der Waals surface area (Å²) < 4.78 is 0. The van der Waals surface area contributed by atoms with Crippen LogP contribution in [0.2, 0.25) is 0 Å². The van der Waals surface area contributed by atoms with E-state index in [-0.39, 0.29) is 0 Å². The van der Waals surface area contributed by atoms with E-state index < -0.39 is 0 Å². The van der Waals surface area contributed by atoms with Gasteiger partial charge in [-0.1, -0.05) is 12.8 Å². The number of carbonyl (C=O) groups excluding carboxylic acids is 1. The molecule has 19 heavy (non-hydrogen) atoms. The van der Waals surface area contributed by atoms with Gasteiger partial charge in [-0.15, -0.1) is 0 Å². The van der Waals surface area contributed by atoms with Crippen molar-refractivity contribution in [3.63, 3.8) is 0 Å². The third-order valence-corrected chi connectivity index (χ3v) is 4.60. The fourth-order valence-corrected chi connectivity index (χ4v) is 3.28. The van der Waals surface area contributed by atoms with E-state index in [4.69, 9.17) is 5.73 Å². The summed E-state index contributed by atoms with van der Waals surface area (Å²) in [5.74, 6) is 1.13. The highest BCUT2D eigenvalue weighted by atomic mass is 16.2. The van der Waals surface area contributed by atoms with Crippen LogP contribution in [-0.4, -0.2) is 55.0 Å². The molecule has 2 rings (SSSR count). The highest BCUT2D eigenvalue weighted by Gasteiger charge is 2.22. The van der Waals surface area contributed by atoms with Gasteiger partial charge in [-0.3, -0.25) is 9.69 Å². The average molecular weight is 267 g/mol. The van der Waals surface area contributed by atoms with E-state index >= 15 is 0 Å². The smallest absolute Gasteiger partial charge is 0.236 e. The standard InChI is InChI=1S/C15H29N3O/c16-8-5-14-6-11-17(12-7-14)13-15(19)18-9-3-1-2-4-10-18/h14H,1-13,16H2. The molecule has 0 aromatic heterocycles. The molecular weight excluding hydrogens is 238 g/mol. The van der Waals surface area contributed by atoms with E-state index in [9.17, 15) is 4.79 Å². The van der Waals surface area contributed by atoms with Crippen molar-refractivity contribution in [3.8, 4) is 0 Å². The molecule has 4 nitrogen and oxygen atoms in total. The highest BCUT2D eigenvalue weighted by Crippen LogP contribution is 2.20. The Morgan fingerprint density at radius 2 is 1.63 bits per heavy atom. The number of nitrogens with zero attached hydrogens (tertiary/aromatic N) is 2. The van der Waals surface area contributed by atoms with Crippen LogP contribution in [0.15, 0.2) is 0 Å². The topological polar surface area (TPSA) is 49.6 Å². The molecule has 2 fully saturated rings. The van der Waals surface area contributed by atoms with Gasteiger partial charge in [-0.2, -0.15) is 0 Å². The Bertz CT molecular complexity index is 267. The van der Waals surface area contributed by atoms with Crippen LogP contribution in [0.3, 0.4) is 0 Å². The molecule has 0 radical (unpaired) electrons. The molecule has 2 N–H and O–H groups in total. The van der Waals surface area contributed by atoms with Crippen LogP contribution in [0.1, 0.15) is 44.9 Å². The number of amides is 1. The van der Waals surface area contributed by atoms with Crippen LogP contribution in [0, 0.1) is 5.92 Å². The van der Waals surface area contributed by atoms with Crippen molar-refractivity contribution in [2.24, 2.45) is 11.7 Å². The highest BCUT2D eigenvalue weighted by molar-refractivity contribution is 5.78. The molecule has 2 aliphatic rings. The quantitative estimate of drug-likeness (QED) is 0.839. The number of likely N-dealkylation sites (tertiary alicyclic amines) is 2. The first-order valence-corrected chi connectivity index (χ1v) is 8.00. The van der Waals surface area contributed by atoms with Crippen LogP contribution in [0.5, 0.6) is 0 Å². The zero-order valence-corrected chi connectivity index (χ0v) is 12.1. The molecule has 0 aliphatic carbocycles. The number of carbonyl (C=O) groups is 1. The van der Waals surface area contributed by atoms with Crippen LogP contribution in [-0.2, 0) is 4.79 Å². The van der Waals surface area contributed by atoms with Gasteiger partial charge in [0.15, 0.2) is 0 Å². The zero-order valence-electron chi connectivity index (χ0n) is 12.1. The normalized spacial score (nSPS) is 23.3. The Morgan fingerprint density at radius 1 is 1.00 bits per heavy atom. The minimum atomic E-state index is 0.346. The summed E-state index contributed by atoms with van der Waals surface area (Å²) in [4.78, 5) is 16.7. The number of hydrogen-bond donors (Lipinski definition) is 1. The average Bonchev–Trinajstić information content (AvgIpc) is 2.70. The lowest BCUT2D eigenvalue weighted by molar-refractivity contribution is -0.132. The van der Waals surface area contributed by atoms with Gasteiger partial charge in [-0.25, -0.2) is 0 Å². The Hall–Kier alpha value is -0.610. The third kappa shape index (κ3) is 4.77. The van der Waals surface area contributed by atoms with Crippen molar-refractivity contribution < 1.29 is 4.79 Å². The first-order chi connectivity index (χ1) is 9.29. The molecule has 110 valence electrons. The molecule has 0 atom stereocenters. The predicted molar refractivity (Wildman–Crippen MR) is 77.9 cm³/mol. The number of nitrogens with two attached hydrogens (primary N) is 1. The molecule has 2 heterocycles. The maximum atomic E-state index is 12.3. The van der Waals surface area contributed by atoms with Crippen LogP contribution in [0.25, 0.3) is 0 Å². The minimum Gasteiger partial charge on any atom is -0.342 e. The monoisotopic (exact) mass is 267 g/mol. The lowest BCUT2D eigenvalue weighted by atomic mass is 9.94. The molecule has 2 aliphatic heterocycles. The van der Waals surface area contributed by atoms with Crippen molar-refractivity contribution in [1.82, 2.24) is 9.80 Å². The van der Waals surface area contributed by atoms with E-state index in [0.29, 0.717) is 12.5 Å². The third-order valence-electron chi connectivity index (χ3n) is 4.60. The predicted octanol–water partition coefficient (Wildman–Crippen LogP) is 1.45. The van der Waals surface area contributed by atoms with E-state index in [1.54, 1.807) is 0 Å². The Balaban J connectivity index is 1.70. The molecule has 0 aromatic carbocycles. The van der Waals surface area contributed by atoms with Gasteiger partial charge in [0.1, 0.15) is 0 Å². The van der Waals surface area contributed by atoms with Gasteiger partial charge in [0.2, 0.25) is 5.91 Å². The molecule has 2 saturated heterocycles. The SMILES string of the molecule is NCCC1CCN(CC(=O)N2CCCCCC2)CC1. The Labute approximate surface area is 117 Å². The molecule has 0 unspecified atom stereocenters. The van der Waals surface area contributed by atoms with Crippen molar-refractivity contribution >= 4 is 5.91 Å². The summed E-state index contributed by atoms with van der Waals surface area (Å²) in [5.41, 5.74) is 5.61. The lowest BCUT2D eigenvalue weighted by Crippen LogP contribution is -2.43. The van der Waals surface area contributed by atoms with E-state index in [1.807, 2.05) is 0 Å². The summed E-state index contributed by atoms with van der Waals surface area (Å²) in [7, 11) is 0. The zero-order chi connectivity index (χ0) is 13.5. The molecule has 0 aromatic rings. The Morgan fingerprint density at radius 3 is 2.21 bits per heavy atom. The summed E-state index contributed by atoms with van der Waals surface area (Å²) >= 11 is 0. The second-order valence-electron chi connectivity index (χ2n) is 6.09. The molecular formula is C15H29N3O. The lowest BCUT2D eigenvalue weighted by Gasteiger charge is -2.32. The van der Waals surface area contributed by atoms with Crippen LogP contribution in [0.4, 0.5) is 0 Å². The molecule has 1 amide bonds. The summed E-state index contributed by atoms with van der Waals surface area (Å²) in [5, 5.41) is 0. The fourth-order valence-electron chi connectivity index (χ4n) is 3.28. The summed E-state index contributed by atoms with van der Waals surface area (Å²) in [6, 6.07) is 0. The van der Waals surface area contributed by atoms with Crippen molar-refractivity contribution in [1.29, 1.82) is 0 Å². The number of piperidine rings is 1. The second-order valence-corrected chi connectivity index (χ2v) is 6.09. The maximum Gasteiger partial charge on any atom is 0.236 e.